The summed E-state index contributed by atoms with van der Waals surface area (Å²) in [5, 5.41) is 7.48. The van der Waals surface area contributed by atoms with E-state index >= 15 is 0 Å². The number of nitrogens with one attached hydrogen (secondary N) is 2. The molecule has 4 nitrogen and oxygen atoms in total. The molecule has 2 rings (SSSR count). The Balaban J connectivity index is 1.80. The van der Waals surface area contributed by atoms with Gasteiger partial charge in [0.15, 0.2) is 5.96 Å². The fourth-order valence-electron chi connectivity index (χ4n) is 2.63. The molecular formula is C20H27ClN4. The zero-order chi connectivity index (χ0) is 18.1. The van der Waals surface area contributed by atoms with Gasteiger partial charge in [-0.25, -0.2) is 0 Å². The van der Waals surface area contributed by atoms with Gasteiger partial charge in [0.2, 0.25) is 0 Å². The lowest BCUT2D eigenvalue weighted by Crippen LogP contribution is -2.37. The van der Waals surface area contributed by atoms with Gasteiger partial charge in [-0.15, -0.1) is 0 Å². The van der Waals surface area contributed by atoms with Crippen LogP contribution in [0.5, 0.6) is 0 Å². The normalized spacial score (nSPS) is 11.6. The summed E-state index contributed by atoms with van der Waals surface area (Å²) in [6.07, 6.45) is 0.902. The maximum absolute atomic E-state index is 6.02. The topological polar surface area (TPSA) is 39.7 Å². The Labute approximate surface area is 155 Å². The van der Waals surface area contributed by atoms with E-state index in [9.17, 15) is 0 Å². The third kappa shape index (κ3) is 7.16. The van der Waals surface area contributed by atoms with Gasteiger partial charge in [0, 0.05) is 31.7 Å². The molecule has 0 atom stereocenters. The molecule has 0 radical (unpaired) electrons. The van der Waals surface area contributed by atoms with E-state index in [4.69, 9.17) is 11.6 Å². The summed E-state index contributed by atoms with van der Waals surface area (Å²) in [4.78, 5) is 6.45. The first-order valence-corrected chi connectivity index (χ1v) is 8.86. The molecule has 0 saturated carbocycles. The molecular weight excluding hydrogens is 332 g/mol. The van der Waals surface area contributed by atoms with Crippen molar-refractivity contribution in [2.24, 2.45) is 4.99 Å². The Bertz CT molecular complexity index is 698. The van der Waals surface area contributed by atoms with Crippen molar-refractivity contribution in [1.29, 1.82) is 0 Å². The van der Waals surface area contributed by atoms with Crippen LogP contribution >= 0.6 is 11.6 Å². The van der Waals surface area contributed by atoms with Crippen LogP contribution in [0.3, 0.4) is 0 Å². The molecule has 0 spiro atoms. The quantitative estimate of drug-likeness (QED) is 0.589. The molecule has 0 unspecified atom stereocenters. The summed E-state index contributed by atoms with van der Waals surface area (Å²) in [6.45, 7) is 2.50. The van der Waals surface area contributed by atoms with Crippen molar-refractivity contribution < 1.29 is 0 Å². The molecule has 0 saturated heterocycles. The molecule has 0 bridgehead atoms. The maximum Gasteiger partial charge on any atom is 0.191 e. The van der Waals surface area contributed by atoms with Gasteiger partial charge in [-0.3, -0.25) is 4.99 Å². The lowest BCUT2D eigenvalue weighted by atomic mass is 10.1. The van der Waals surface area contributed by atoms with Crippen LogP contribution in [-0.4, -0.2) is 38.5 Å². The van der Waals surface area contributed by atoms with Gasteiger partial charge >= 0.3 is 0 Å². The van der Waals surface area contributed by atoms with Gasteiger partial charge in [0.25, 0.3) is 0 Å². The largest absolute Gasteiger partial charge is 0.356 e. The highest BCUT2D eigenvalue weighted by molar-refractivity contribution is 6.30. The Morgan fingerprint density at radius 1 is 1.00 bits per heavy atom. The lowest BCUT2D eigenvalue weighted by molar-refractivity contribution is 0.402. The summed E-state index contributed by atoms with van der Waals surface area (Å²) in [6, 6.07) is 16.6. The standard InChI is InChI=1S/C20H27ClN4/c1-22-20(23-11-10-16-6-5-9-19(21)13-16)24-14-17-7-4-8-18(12-17)15-25(2)3/h4-9,12-13H,10-11,14-15H2,1-3H3,(H2,22,23,24). The minimum atomic E-state index is 0.748. The molecule has 5 heteroatoms. The highest BCUT2D eigenvalue weighted by Gasteiger charge is 2.01. The van der Waals surface area contributed by atoms with Crippen molar-refractivity contribution in [3.8, 4) is 0 Å². The monoisotopic (exact) mass is 358 g/mol. The highest BCUT2D eigenvalue weighted by Crippen LogP contribution is 2.10. The van der Waals surface area contributed by atoms with E-state index in [1.165, 1.54) is 16.7 Å². The Morgan fingerprint density at radius 3 is 2.44 bits per heavy atom. The number of aliphatic imine (C=N–C) groups is 1. The minimum Gasteiger partial charge on any atom is -0.356 e. The van der Waals surface area contributed by atoms with E-state index in [1.54, 1.807) is 7.05 Å². The van der Waals surface area contributed by atoms with Crippen LogP contribution in [0, 0.1) is 0 Å². The van der Waals surface area contributed by atoms with E-state index in [2.05, 4.69) is 65.0 Å². The molecule has 0 aliphatic carbocycles. The molecule has 0 aliphatic heterocycles. The number of hydrogen-bond acceptors (Lipinski definition) is 2. The Hall–Kier alpha value is -2.04. The van der Waals surface area contributed by atoms with Crippen molar-refractivity contribution in [3.05, 3.63) is 70.2 Å². The third-order valence-corrected chi connectivity index (χ3v) is 4.00. The summed E-state index contributed by atoms with van der Waals surface area (Å²) < 4.78 is 0. The number of guanidine groups is 1. The number of benzene rings is 2. The average Bonchev–Trinajstić information content (AvgIpc) is 2.58. The fourth-order valence-corrected chi connectivity index (χ4v) is 2.84. The second-order valence-corrected chi connectivity index (χ2v) is 6.73. The highest BCUT2D eigenvalue weighted by atomic mass is 35.5. The predicted octanol–water partition coefficient (Wildman–Crippen LogP) is 3.31. The predicted molar refractivity (Wildman–Crippen MR) is 107 cm³/mol. The second-order valence-electron chi connectivity index (χ2n) is 6.29. The van der Waals surface area contributed by atoms with Crippen molar-refractivity contribution in [1.82, 2.24) is 15.5 Å². The van der Waals surface area contributed by atoms with Crippen molar-refractivity contribution in [2.45, 2.75) is 19.5 Å². The van der Waals surface area contributed by atoms with Crippen LogP contribution < -0.4 is 10.6 Å². The number of hydrogen-bond donors (Lipinski definition) is 2. The molecule has 0 amide bonds. The Kier molecular flexibility index (Phi) is 7.76. The number of rotatable bonds is 7. The van der Waals surface area contributed by atoms with Crippen LogP contribution in [0.25, 0.3) is 0 Å². The van der Waals surface area contributed by atoms with Gasteiger partial charge in [-0.2, -0.15) is 0 Å². The fraction of sp³-hybridized carbons (Fsp3) is 0.350. The summed E-state index contributed by atoms with van der Waals surface area (Å²) in [5.41, 5.74) is 3.78. The maximum atomic E-state index is 6.02. The van der Waals surface area contributed by atoms with Gasteiger partial charge in [0.1, 0.15) is 0 Å². The van der Waals surface area contributed by atoms with Crippen LogP contribution in [0.1, 0.15) is 16.7 Å². The molecule has 0 aliphatic rings. The van der Waals surface area contributed by atoms with Gasteiger partial charge in [-0.05, 0) is 49.3 Å². The molecule has 0 fully saturated rings. The molecule has 0 heterocycles. The minimum absolute atomic E-state index is 0.748. The van der Waals surface area contributed by atoms with E-state index in [0.717, 1.165) is 37.0 Å². The van der Waals surface area contributed by atoms with E-state index in [-0.39, 0.29) is 0 Å². The van der Waals surface area contributed by atoms with Crippen LogP contribution in [0.2, 0.25) is 5.02 Å². The Morgan fingerprint density at radius 2 is 1.72 bits per heavy atom. The van der Waals surface area contributed by atoms with Crippen molar-refractivity contribution >= 4 is 17.6 Å². The summed E-state index contributed by atoms with van der Waals surface area (Å²) >= 11 is 6.02. The van der Waals surface area contributed by atoms with Gasteiger partial charge < -0.3 is 15.5 Å². The first-order valence-electron chi connectivity index (χ1n) is 8.48. The zero-order valence-electron chi connectivity index (χ0n) is 15.2. The van der Waals surface area contributed by atoms with E-state index < -0.39 is 0 Å². The van der Waals surface area contributed by atoms with Crippen LogP contribution in [0.15, 0.2) is 53.5 Å². The molecule has 134 valence electrons. The second kappa shape index (κ2) is 10.1. The molecule has 2 N–H and O–H groups in total. The van der Waals surface area contributed by atoms with E-state index in [1.807, 2.05) is 18.2 Å². The zero-order valence-corrected chi connectivity index (χ0v) is 16.0. The summed E-state index contributed by atoms with van der Waals surface area (Å²) in [5.74, 6) is 0.806. The number of nitrogens with zero attached hydrogens (tertiary/aromatic N) is 2. The number of halogens is 1. The molecule has 0 aromatic heterocycles. The van der Waals surface area contributed by atoms with Crippen LogP contribution in [0.4, 0.5) is 0 Å². The van der Waals surface area contributed by atoms with E-state index in [0.29, 0.717) is 0 Å². The smallest absolute Gasteiger partial charge is 0.191 e. The SMILES string of the molecule is CN=C(NCCc1cccc(Cl)c1)NCc1cccc(CN(C)C)c1. The molecule has 25 heavy (non-hydrogen) atoms. The molecule has 2 aromatic carbocycles. The van der Waals surface area contributed by atoms with Gasteiger partial charge in [0.05, 0.1) is 0 Å². The third-order valence-electron chi connectivity index (χ3n) is 3.77. The van der Waals surface area contributed by atoms with Gasteiger partial charge in [-0.1, -0.05) is 48.0 Å². The van der Waals surface area contributed by atoms with Crippen molar-refractivity contribution in [2.75, 3.05) is 27.7 Å². The summed E-state index contributed by atoms with van der Waals surface area (Å²) in [7, 11) is 5.95. The van der Waals surface area contributed by atoms with Crippen LogP contribution in [-0.2, 0) is 19.5 Å². The first kappa shape index (κ1) is 19.3. The van der Waals surface area contributed by atoms with Crippen molar-refractivity contribution in [3.63, 3.8) is 0 Å². The molecule has 2 aromatic rings. The first-order chi connectivity index (χ1) is 12.1. The lowest BCUT2D eigenvalue weighted by Gasteiger charge is -2.14. The average molecular weight is 359 g/mol.